The Hall–Kier alpha value is -1.89. The van der Waals surface area contributed by atoms with Gasteiger partial charge in [-0.25, -0.2) is 9.18 Å². The number of carbonyl (C=O) groups is 1. The molecule has 0 aliphatic heterocycles. The summed E-state index contributed by atoms with van der Waals surface area (Å²) in [6.07, 6.45) is 0.541. The fraction of sp³-hybridized carbons (Fsp3) is 0.273. The van der Waals surface area contributed by atoms with Crippen molar-refractivity contribution in [2.24, 2.45) is 0 Å². The van der Waals surface area contributed by atoms with Gasteiger partial charge in [0.05, 0.1) is 18.2 Å². The second-order valence-corrected chi connectivity index (χ2v) is 2.95. The van der Waals surface area contributed by atoms with E-state index in [4.69, 9.17) is 5.26 Å². The van der Waals surface area contributed by atoms with Crippen LogP contribution in [0, 0.1) is 17.1 Å². The molecule has 0 heterocycles. The van der Waals surface area contributed by atoms with Crippen molar-refractivity contribution >= 4 is 5.97 Å². The summed E-state index contributed by atoms with van der Waals surface area (Å²) < 4.78 is 17.8. The highest BCUT2D eigenvalue weighted by atomic mass is 19.1. The molecule has 0 atom stereocenters. The molecule has 78 valence electrons. The van der Waals surface area contributed by atoms with Gasteiger partial charge in [0.2, 0.25) is 0 Å². The molecule has 0 aliphatic carbocycles. The summed E-state index contributed by atoms with van der Waals surface area (Å²) in [7, 11) is 1.23. The van der Waals surface area contributed by atoms with Crippen LogP contribution >= 0.6 is 0 Å². The lowest BCUT2D eigenvalue weighted by Gasteiger charge is -2.06. The number of esters is 1. The first-order chi connectivity index (χ1) is 7.13. The number of halogens is 1. The molecule has 1 aromatic rings. The van der Waals surface area contributed by atoms with Gasteiger partial charge in [-0.05, 0) is 24.1 Å². The smallest absolute Gasteiger partial charge is 0.338 e. The monoisotopic (exact) mass is 207 g/mol. The molecule has 0 unspecified atom stereocenters. The zero-order chi connectivity index (χ0) is 11.4. The summed E-state index contributed by atoms with van der Waals surface area (Å²) >= 11 is 0. The number of methoxy groups -OCH3 is 1. The van der Waals surface area contributed by atoms with Crippen LogP contribution in [-0.4, -0.2) is 13.1 Å². The van der Waals surface area contributed by atoms with Gasteiger partial charge >= 0.3 is 5.97 Å². The lowest BCUT2D eigenvalue weighted by molar-refractivity contribution is 0.0599. The van der Waals surface area contributed by atoms with E-state index in [0.29, 0.717) is 12.0 Å². The molecule has 0 fully saturated rings. The van der Waals surface area contributed by atoms with E-state index in [9.17, 15) is 9.18 Å². The third-order valence-corrected chi connectivity index (χ3v) is 2.10. The van der Waals surface area contributed by atoms with Crippen LogP contribution in [-0.2, 0) is 11.2 Å². The summed E-state index contributed by atoms with van der Waals surface area (Å²) in [5.41, 5.74) is 0.732. The van der Waals surface area contributed by atoms with Gasteiger partial charge in [0, 0.05) is 0 Å². The van der Waals surface area contributed by atoms with E-state index in [1.807, 2.05) is 6.92 Å². The zero-order valence-electron chi connectivity index (χ0n) is 8.50. The van der Waals surface area contributed by atoms with Gasteiger partial charge in [-0.15, -0.1) is 0 Å². The van der Waals surface area contributed by atoms with E-state index in [1.54, 1.807) is 6.07 Å². The molecule has 4 heteroatoms. The molecule has 0 radical (unpaired) electrons. The Bertz CT molecular complexity index is 435. The van der Waals surface area contributed by atoms with Gasteiger partial charge in [0.25, 0.3) is 0 Å². The average molecular weight is 207 g/mol. The second kappa shape index (κ2) is 4.56. The van der Waals surface area contributed by atoms with E-state index in [2.05, 4.69) is 4.74 Å². The number of hydrogen-bond acceptors (Lipinski definition) is 3. The number of hydrogen-bond donors (Lipinski definition) is 0. The Morgan fingerprint density at radius 3 is 2.73 bits per heavy atom. The third kappa shape index (κ3) is 2.13. The average Bonchev–Trinajstić information content (AvgIpc) is 2.27. The van der Waals surface area contributed by atoms with Gasteiger partial charge in [0.15, 0.2) is 0 Å². The van der Waals surface area contributed by atoms with Crippen molar-refractivity contribution in [3.63, 3.8) is 0 Å². The van der Waals surface area contributed by atoms with E-state index < -0.39 is 11.8 Å². The normalized spacial score (nSPS) is 9.47. The molecule has 1 rings (SSSR count). The minimum Gasteiger partial charge on any atom is -0.465 e. The van der Waals surface area contributed by atoms with Gasteiger partial charge in [-0.1, -0.05) is 6.92 Å². The third-order valence-electron chi connectivity index (χ3n) is 2.10. The van der Waals surface area contributed by atoms with E-state index in [-0.39, 0.29) is 11.1 Å². The van der Waals surface area contributed by atoms with Crippen molar-refractivity contribution in [3.05, 3.63) is 34.6 Å². The molecule has 0 aromatic heterocycles. The van der Waals surface area contributed by atoms with E-state index in [0.717, 1.165) is 6.07 Å². The summed E-state index contributed by atoms with van der Waals surface area (Å²) in [5.74, 6) is -1.29. The van der Waals surface area contributed by atoms with Crippen LogP contribution in [0.5, 0.6) is 0 Å². The zero-order valence-corrected chi connectivity index (χ0v) is 8.50. The van der Waals surface area contributed by atoms with Crippen molar-refractivity contribution in [2.45, 2.75) is 13.3 Å². The summed E-state index contributed by atoms with van der Waals surface area (Å²) in [5, 5.41) is 8.62. The molecular formula is C11H10FNO2. The van der Waals surface area contributed by atoms with E-state index in [1.165, 1.54) is 13.2 Å². The quantitative estimate of drug-likeness (QED) is 0.697. The van der Waals surface area contributed by atoms with Crippen molar-refractivity contribution in [1.82, 2.24) is 0 Å². The van der Waals surface area contributed by atoms with Crippen molar-refractivity contribution < 1.29 is 13.9 Å². The molecule has 15 heavy (non-hydrogen) atoms. The Labute approximate surface area is 87.1 Å². The maximum Gasteiger partial charge on any atom is 0.338 e. The number of rotatable bonds is 2. The molecule has 0 saturated heterocycles. The molecule has 0 N–H and O–H groups in total. The molecule has 0 amide bonds. The minimum absolute atomic E-state index is 0.0560. The topological polar surface area (TPSA) is 50.1 Å². The number of benzene rings is 1. The Kier molecular flexibility index (Phi) is 3.40. The molecule has 0 aliphatic rings. The van der Waals surface area contributed by atoms with Crippen LogP contribution in [0.2, 0.25) is 0 Å². The van der Waals surface area contributed by atoms with Crippen LogP contribution < -0.4 is 0 Å². The highest BCUT2D eigenvalue weighted by Gasteiger charge is 2.14. The first-order valence-electron chi connectivity index (χ1n) is 4.44. The largest absolute Gasteiger partial charge is 0.465 e. The van der Waals surface area contributed by atoms with Gasteiger partial charge in [-0.3, -0.25) is 0 Å². The summed E-state index contributed by atoms with van der Waals surface area (Å²) in [6.45, 7) is 1.82. The SMILES string of the molecule is CCc1cc(C#N)c(F)cc1C(=O)OC. The summed E-state index contributed by atoms with van der Waals surface area (Å²) in [6, 6.07) is 4.15. The number of nitriles is 1. The van der Waals surface area contributed by atoms with Crippen molar-refractivity contribution in [2.75, 3.05) is 7.11 Å². The second-order valence-electron chi connectivity index (χ2n) is 2.95. The standard InChI is InChI=1S/C11H10FNO2/c1-3-7-4-8(6-13)10(12)5-9(7)11(14)15-2/h4-5H,3H2,1-2H3. The van der Waals surface area contributed by atoms with Crippen molar-refractivity contribution in [1.29, 1.82) is 5.26 Å². The van der Waals surface area contributed by atoms with Crippen LogP contribution in [0.15, 0.2) is 12.1 Å². The van der Waals surface area contributed by atoms with Gasteiger partial charge in [-0.2, -0.15) is 5.26 Å². The molecule has 3 nitrogen and oxygen atoms in total. The number of ether oxygens (including phenoxy) is 1. The first-order valence-corrected chi connectivity index (χ1v) is 4.44. The fourth-order valence-electron chi connectivity index (χ4n) is 1.30. The maximum absolute atomic E-state index is 13.2. The molecule has 1 aromatic carbocycles. The number of nitrogens with zero attached hydrogens (tertiary/aromatic N) is 1. The highest BCUT2D eigenvalue weighted by Crippen LogP contribution is 2.17. The predicted molar refractivity (Wildman–Crippen MR) is 51.8 cm³/mol. The highest BCUT2D eigenvalue weighted by molar-refractivity contribution is 5.91. The molecular weight excluding hydrogens is 197 g/mol. The lowest BCUT2D eigenvalue weighted by atomic mass is 10.0. The van der Waals surface area contributed by atoms with Crippen LogP contribution in [0.3, 0.4) is 0 Å². The first kappa shape index (κ1) is 11.2. The minimum atomic E-state index is -0.699. The Balaban J connectivity index is 3.35. The van der Waals surface area contributed by atoms with E-state index >= 15 is 0 Å². The van der Waals surface area contributed by atoms with Crippen LogP contribution in [0.25, 0.3) is 0 Å². The Morgan fingerprint density at radius 2 is 2.27 bits per heavy atom. The fourth-order valence-corrected chi connectivity index (χ4v) is 1.30. The molecule has 0 spiro atoms. The number of aryl methyl sites for hydroxylation is 1. The van der Waals surface area contributed by atoms with Crippen molar-refractivity contribution in [3.8, 4) is 6.07 Å². The Morgan fingerprint density at radius 1 is 1.60 bits per heavy atom. The molecule has 0 saturated carbocycles. The van der Waals surface area contributed by atoms with Gasteiger partial charge in [0.1, 0.15) is 11.9 Å². The van der Waals surface area contributed by atoms with Gasteiger partial charge < -0.3 is 4.74 Å². The lowest BCUT2D eigenvalue weighted by Crippen LogP contribution is -2.07. The van der Waals surface area contributed by atoms with Crippen LogP contribution in [0.1, 0.15) is 28.4 Å². The van der Waals surface area contributed by atoms with Crippen LogP contribution in [0.4, 0.5) is 4.39 Å². The summed E-state index contributed by atoms with van der Waals surface area (Å²) in [4.78, 5) is 11.3. The predicted octanol–water partition coefficient (Wildman–Crippen LogP) is 2.05. The molecule has 0 bridgehead atoms. The number of carbonyl (C=O) groups excluding carboxylic acids is 1. The maximum atomic E-state index is 13.2.